The normalized spacial score (nSPS) is 11.4. The van der Waals surface area contributed by atoms with Crippen LogP contribution in [0.25, 0.3) is 5.57 Å². The molecular weight excluding hydrogens is 249 g/mol. The molecule has 0 atom stereocenters. The first kappa shape index (κ1) is 13.4. The summed E-state index contributed by atoms with van der Waals surface area (Å²) in [6, 6.07) is 12.7. The molecule has 19 heavy (non-hydrogen) atoms. The van der Waals surface area contributed by atoms with Gasteiger partial charge in [-0.05, 0) is 41.3 Å². The topological polar surface area (TPSA) is 0 Å². The zero-order chi connectivity index (χ0) is 14.0. The molecule has 2 aromatic rings. The van der Waals surface area contributed by atoms with E-state index in [0.717, 1.165) is 28.8 Å². The molecule has 2 aromatic carbocycles. The molecule has 0 spiro atoms. The highest BCUT2D eigenvalue weighted by atomic mass is 19.4. The maximum absolute atomic E-state index is 12.5. The van der Waals surface area contributed by atoms with Gasteiger partial charge in [0.25, 0.3) is 0 Å². The van der Waals surface area contributed by atoms with Gasteiger partial charge in [-0.15, -0.1) is 0 Å². The van der Waals surface area contributed by atoms with Crippen molar-refractivity contribution in [3.63, 3.8) is 0 Å². The fourth-order valence-corrected chi connectivity index (χ4v) is 1.93. The van der Waals surface area contributed by atoms with Crippen LogP contribution in [-0.4, -0.2) is 0 Å². The molecule has 0 nitrogen and oxygen atoms in total. The molecule has 0 saturated heterocycles. The molecule has 2 rings (SSSR count). The van der Waals surface area contributed by atoms with Crippen LogP contribution in [0.15, 0.2) is 55.1 Å². The molecule has 0 saturated carbocycles. The number of hydrogen-bond donors (Lipinski definition) is 0. The van der Waals surface area contributed by atoms with Crippen LogP contribution >= 0.6 is 0 Å². The standard InChI is InChI=1S/C16H13F3/c1-11-5-3-4-6-15(11)12(2)13-7-9-14(10-8-13)16(17,18)19/h3-10H,2H2,1H3. The van der Waals surface area contributed by atoms with Crippen molar-refractivity contribution < 1.29 is 13.2 Å². The summed E-state index contributed by atoms with van der Waals surface area (Å²) in [6.07, 6.45) is -4.30. The Kier molecular flexibility index (Phi) is 3.47. The largest absolute Gasteiger partial charge is 0.416 e. The highest BCUT2D eigenvalue weighted by Gasteiger charge is 2.30. The molecule has 0 aliphatic carbocycles. The van der Waals surface area contributed by atoms with Crippen LogP contribution < -0.4 is 0 Å². The van der Waals surface area contributed by atoms with Gasteiger partial charge >= 0.3 is 6.18 Å². The number of alkyl halides is 3. The lowest BCUT2D eigenvalue weighted by atomic mass is 9.95. The monoisotopic (exact) mass is 262 g/mol. The Labute approximate surface area is 110 Å². The Bertz CT molecular complexity index is 592. The van der Waals surface area contributed by atoms with Crippen LogP contribution in [0, 0.1) is 6.92 Å². The van der Waals surface area contributed by atoms with Gasteiger partial charge in [0, 0.05) is 0 Å². The molecule has 0 fully saturated rings. The van der Waals surface area contributed by atoms with Gasteiger partial charge in [-0.3, -0.25) is 0 Å². The second-order valence-corrected chi connectivity index (χ2v) is 4.37. The summed E-state index contributed by atoms with van der Waals surface area (Å²) in [4.78, 5) is 0. The molecule has 0 aliphatic rings. The molecule has 0 aliphatic heterocycles. The number of rotatable bonds is 2. The quantitative estimate of drug-likeness (QED) is 0.708. The van der Waals surface area contributed by atoms with Crippen molar-refractivity contribution >= 4 is 5.57 Å². The second kappa shape index (κ2) is 4.92. The molecule has 0 unspecified atom stereocenters. The zero-order valence-electron chi connectivity index (χ0n) is 10.5. The van der Waals surface area contributed by atoms with E-state index in [1.54, 1.807) is 0 Å². The average molecular weight is 262 g/mol. The summed E-state index contributed by atoms with van der Waals surface area (Å²) in [6.45, 7) is 5.92. The fourth-order valence-electron chi connectivity index (χ4n) is 1.93. The second-order valence-electron chi connectivity index (χ2n) is 4.37. The molecule has 0 radical (unpaired) electrons. The van der Waals surface area contributed by atoms with Crippen LogP contribution in [-0.2, 0) is 6.18 Å². The molecule has 0 amide bonds. The highest BCUT2D eigenvalue weighted by Crippen LogP contribution is 2.31. The van der Waals surface area contributed by atoms with Gasteiger partial charge in [-0.25, -0.2) is 0 Å². The summed E-state index contributed by atoms with van der Waals surface area (Å²) >= 11 is 0. The molecule has 0 bridgehead atoms. The average Bonchev–Trinajstić information content (AvgIpc) is 2.38. The van der Waals surface area contributed by atoms with E-state index in [9.17, 15) is 13.2 Å². The van der Waals surface area contributed by atoms with Gasteiger partial charge in [-0.2, -0.15) is 13.2 Å². The van der Waals surface area contributed by atoms with Gasteiger partial charge in [0.2, 0.25) is 0 Å². The summed E-state index contributed by atoms with van der Waals surface area (Å²) in [7, 11) is 0. The van der Waals surface area contributed by atoms with E-state index in [-0.39, 0.29) is 0 Å². The van der Waals surface area contributed by atoms with Gasteiger partial charge < -0.3 is 0 Å². The maximum Gasteiger partial charge on any atom is 0.416 e. The molecule has 0 aromatic heterocycles. The molecule has 98 valence electrons. The number of hydrogen-bond acceptors (Lipinski definition) is 0. The van der Waals surface area contributed by atoms with E-state index in [2.05, 4.69) is 6.58 Å². The summed E-state index contributed by atoms with van der Waals surface area (Å²) < 4.78 is 37.5. The first-order chi connectivity index (χ1) is 8.89. The number of benzene rings is 2. The Hall–Kier alpha value is -2.03. The SMILES string of the molecule is C=C(c1ccc(C(F)(F)F)cc1)c1ccccc1C. The van der Waals surface area contributed by atoms with E-state index >= 15 is 0 Å². The molecule has 3 heteroatoms. The lowest BCUT2D eigenvalue weighted by Crippen LogP contribution is -2.04. The fraction of sp³-hybridized carbons (Fsp3) is 0.125. The lowest BCUT2D eigenvalue weighted by Gasteiger charge is -2.11. The van der Waals surface area contributed by atoms with Crippen LogP contribution in [0.1, 0.15) is 22.3 Å². The van der Waals surface area contributed by atoms with E-state index < -0.39 is 11.7 Å². The maximum atomic E-state index is 12.5. The minimum atomic E-state index is -4.30. The Morgan fingerprint density at radius 2 is 1.53 bits per heavy atom. The van der Waals surface area contributed by atoms with Gasteiger partial charge in [0.15, 0.2) is 0 Å². The predicted molar refractivity (Wildman–Crippen MR) is 70.8 cm³/mol. The predicted octanol–water partition coefficient (Wildman–Crippen LogP) is 5.08. The third-order valence-corrected chi connectivity index (χ3v) is 3.03. The number of halogens is 3. The first-order valence-electron chi connectivity index (χ1n) is 5.82. The lowest BCUT2D eigenvalue weighted by molar-refractivity contribution is -0.137. The van der Waals surface area contributed by atoms with E-state index in [4.69, 9.17) is 0 Å². The van der Waals surface area contributed by atoms with Crippen molar-refractivity contribution in [3.8, 4) is 0 Å². The highest BCUT2D eigenvalue weighted by molar-refractivity contribution is 5.79. The number of aryl methyl sites for hydroxylation is 1. The third-order valence-electron chi connectivity index (χ3n) is 3.03. The van der Waals surface area contributed by atoms with Crippen LogP contribution in [0.4, 0.5) is 13.2 Å². The van der Waals surface area contributed by atoms with Crippen molar-refractivity contribution in [2.75, 3.05) is 0 Å². The summed E-state index contributed by atoms with van der Waals surface area (Å²) in [5, 5.41) is 0. The van der Waals surface area contributed by atoms with Gasteiger partial charge in [0.05, 0.1) is 5.56 Å². The third kappa shape index (κ3) is 2.87. The minimum absolute atomic E-state index is 0.645. The van der Waals surface area contributed by atoms with Crippen molar-refractivity contribution in [1.29, 1.82) is 0 Å². The van der Waals surface area contributed by atoms with Crippen molar-refractivity contribution in [2.24, 2.45) is 0 Å². The van der Waals surface area contributed by atoms with Gasteiger partial charge in [0.1, 0.15) is 0 Å². The summed E-state index contributed by atoms with van der Waals surface area (Å²) in [5.41, 5.74) is 2.78. The van der Waals surface area contributed by atoms with E-state index in [1.807, 2.05) is 31.2 Å². The van der Waals surface area contributed by atoms with E-state index in [0.29, 0.717) is 5.56 Å². The van der Waals surface area contributed by atoms with Crippen LogP contribution in [0.3, 0.4) is 0 Å². The Morgan fingerprint density at radius 3 is 2.05 bits per heavy atom. The molecular formula is C16H13F3. The van der Waals surface area contributed by atoms with Crippen molar-refractivity contribution in [3.05, 3.63) is 77.4 Å². The zero-order valence-corrected chi connectivity index (χ0v) is 10.5. The van der Waals surface area contributed by atoms with E-state index in [1.165, 1.54) is 12.1 Å². The summed E-state index contributed by atoms with van der Waals surface area (Å²) in [5.74, 6) is 0. The minimum Gasteiger partial charge on any atom is -0.166 e. The molecule has 0 heterocycles. The van der Waals surface area contributed by atoms with Crippen molar-refractivity contribution in [2.45, 2.75) is 13.1 Å². The Morgan fingerprint density at radius 1 is 0.947 bits per heavy atom. The first-order valence-corrected chi connectivity index (χ1v) is 5.82. The Balaban J connectivity index is 2.34. The van der Waals surface area contributed by atoms with Crippen LogP contribution in [0.5, 0.6) is 0 Å². The van der Waals surface area contributed by atoms with Crippen molar-refractivity contribution in [1.82, 2.24) is 0 Å². The smallest absolute Gasteiger partial charge is 0.166 e. The van der Waals surface area contributed by atoms with Gasteiger partial charge in [-0.1, -0.05) is 43.0 Å². The molecule has 0 N–H and O–H groups in total. The van der Waals surface area contributed by atoms with Crippen LogP contribution in [0.2, 0.25) is 0 Å².